The molecule has 1 atom stereocenters. The van der Waals surface area contributed by atoms with Gasteiger partial charge in [-0.25, -0.2) is 0 Å². The van der Waals surface area contributed by atoms with Crippen molar-refractivity contribution in [3.8, 4) is 0 Å². The van der Waals surface area contributed by atoms with Crippen LogP contribution in [-0.2, 0) is 0 Å². The Labute approximate surface area is 158 Å². The molecule has 1 N–H and O–H groups in total. The molecule has 0 amide bonds. The Bertz CT molecular complexity index is 315. The smallest absolute Gasteiger partial charge is 0.193 e. The van der Waals surface area contributed by atoms with E-state index in [1.807, 2.05) is 7.05 Å². The second kappa shape index (κ2) is 11.8. The molecule has 1 saturated heterocycles. The molecule has 0 aromatic rings. The maximum atomic E-state index is 4.47. The number of rotatable bonds is 6. The van der Waals surface area contributed by atoms with Crippen LogP contribution in [0, 0.1) is 0 Å². The summed E-state index contributed by atoms with van der Waals surface area (Å²) in [5.74, 6) is 2.28. The lowest BCUT2D eigenvalue weighted by atomic mass is 10.2. The quantitative estimate of drug-likeness (QED) is 0.389. The Hall–Kier alpha value is 0.310. The van der Waals surface area contributed by atoms with Crippen molar-refractivity contribution in [2.75, 3.05) is 39.0 Å². The van der Waals surface area contributed by atoms with E-state index in [-0.39, 0.29) is 24.0 Å². The van der Waals surface area contributed by atoms with Crippen molar-refractivity contribution in [1.29, 1.82) is 0 Å². The second-order valence-corrected chi connectivity index (χ2v) is 7.65. The van der Waals surface area contributed by atoms with Gasteiger partial charge in [0, 0.05) is 56.3 Å². The zero-order valence-corrected chi connectivity index (χ0v) is 18.3. The first-order valence-electron chi connectivity index (χ1n) is 8.32. The van der Waals surface area contributed by atoms with Crippen LogP contribution in [0.3, 0.4) is 0 Å². The van der Waals surface area contributed by atoms with Gasteiger partial charge < -0.3 is 10.2 Å². The predicted molar refractivity (Wildman–Crippen MR) is 112 cm³/mol. The number of thioether (sulfide) groups is 1. The summed E-state index contributed by atoms with van der Waals surface area (Å²) in [5, 5.41) is 4.30. The Balaban J connectivity index is 0.00000441. The highest BCUT2D eigenvalue weighted by molar-refractivity contribution is 14.0. The summed E-state index contributed by atoms with van der Waals surface area (Å²) in [7, 11) is 1.90. The lowest BCUT2D eigenvalue weighted by molar-refractivity contribution is 0.178. The molecular weight excluding hydrogens is 407 g/mol. The van der Waals surface area contributed by atoms with Gasteiger partial charge in [0.1, 0.15) is 0 Å². The number of nitrogens with one attached hydrogen (secondary N) is 1. The fraction of sp³-hybridized carbons (Fsp3) is 0.938. The molecule has 1 rings (SSSR count). The van der Waals surface area contributed by atoms with Gasteiger partial charge in [-0.2, -0.15) is 11.8 Å². The van der Waals surface area contributed by atoms with E-state index in [9.17, 15) is 0 Å². The van der Waals surface area contributed by atoms with Crippen molar-refractivity contribution < 1.29 is 0 Å². The molecule has 1 heterocycles. The molecule has 1 unspecified atom stereocenters. The first-order chi connectivity index (χ1) is 9.99. The van der Waals surface area contributed by atoms with Gasteiger partial charge in [-0.05, 0) is 34.1 Å². The fourth-order valence-corrected chi connectivity index (χ4v) is 4.08. The molecule has 132 valence electrons. The van der Waals surface area contributed by atoms with Gasteiger partial charge in [0.15, 0.2) is 5.96 Å². The third-order valence-electron chi connectivity index (χ3n) is 4.09. The van der Waals surface area contributed by atoms with Crippen LogP contribution in [0.2, 0.25) is 0 Å². The van der Waals surface area contributed by atoms with Crippen LogP contribution in [0.25, 0.3) is 0 Å². The molecule has 1 aliphatic rings. The molecule has 0 aromatic heterocycles. The number of hydrogen-bond acceptors (Lipinski definition) is 3. The summed E-state index contributed by atoms with van der Waals surface area (Å²) in [4.78, 5) is 9.40. The van der Waals surface area contributed by atoms with Crippen molar-refractivity contribution in [3.63, 3.8) is 0 Å². The lowest BCUT2D eigenvalue weighted by Crippen LogP contribution is -2.50. The summed E-state index contributed by atoms with van der Waals surface area (Å²) in [6.07, 6.45) is 1.24. The molecule has 4 nitrogen and oxygen atoms in total. The minimum atomic E-state index is 0. The highest BCUT2D eigenvalue weighted by atomic mass is 127. The summed E-state index contributed by atoms with van der Waals surface area (Å²) in [6, 6.07) is 1.18. The van der Waals surface area contributed by atoms with Crippen LogP contribution in [0.4, 0.5) is 0 Å². The number of aliphatic imine (C=N–C) groups is 1. The summed E-state index contributed by atoms with van der Waals surface area (Å²) >= 11 is 2.10. The molecule has 0 bridgehead atoms. The van der Waals surface area contributed by atoms with Gasteiger partial charge in [-0.3, -0.25) is 9.89 Å². The van der Waals surface area contributed by atoms with Crippen molar-refractivity contribution >= 4 is 41.7 Å². The maximum absolute atomic E-state index is 4.47. The van der Waals surface area contributed by atoms with Crippen LogP contribution < -0.4 is 5.32 Å². The fourth-order valence-electron chi connectivity index (χ4n) is 2.90. The minimum Gasteiger partial charge on any atom is -0.355 e. The Morgan fingerprint density at radius 3 is 2.45 bits per heavy atom. The lowest BCUT2D eigenvalue weighted by Gasteiger charge is -2.35. The molecule has 1 fully saturated rings. The van der Waals surface area contributed by atoms with E-state index in [0.717, 1.165) is 37.4 Å². The first-order valence-corrected chi connectivity index (χ1v) is 9.37. The summed E-state index contributed by atoms with van der Waals surface area (Å²) in [5.41, 5.74) is 0. The monoisotopic (exact) mass is 442 g/mol. The Kier molecular flexibility index (Phi) is 12.0. The third-order valence-corrected chi connectivity index (χ3v) is 5.46. The van der Waals surface area contributed by atoms with Gasteiger partial charge in [-0.1, -0.05) is 6.92 Å². The number of nitrogens with zero attached hydrogens (tertiary/aromatic N) is 3. The van der Waals surface area contributed by atoms with Crippen molar-refractivity contribution in [3.05, 3.63) is 0 Å². The molecule has 22 heavy (non-hydrogen) atoms. The first kappa shape index (κ1) is 22.3. The van der Waals surface area contributed by atoms with E-state index in [1.165, 1.54) is 12.2 Å². The molecule has 0 radical (unpaired) electrons. The normalized spacial score (nSPS) is 19.8. The zero-order chi connectivity index (χ0) is 15.8. The number of halogens is 1. The highest BCUT2D eigenvalue weighted by Crippen LogP contribution is 2.20. The van der Waals surface area contributed by atoms with Crippen molar-refractivity contribution in [1.82, 2.24) is 15.1 Å². The van der Waals surface area contributed by atoms with Crippen LogP contribution >= 0.6 is 35.7 Å². The van der Waals surface area contributed by atoms with Gasteiger partial charge in [0.05, 0.1) is 0 Å². The average Bonchev–Trinajstić information content (AvgIpc) is 2.46. The molecule has 0 aromatic carbocycles. The molecule has 1 aliphatic heterocycles. The van der Waals surface area contributed by atoms with Gasteiger partial charge >= 0.3 is 0 Å². The van der Waals surface area contributed by atoms with Crippen LogP contribution in [0.1, 0.15) is 41.0 Å². The molecule has 0 saturated carbocycles. The van der Waals surface area contributed by atoms with E-state index < -0.39 is 0 Å². The van der Waals surface area contributed by atoms with E-state index in [0.29, 0.717) is 12.1 Å². The largest absolute Gasteiger partial charge is 0.355 e. The van der Waals surface area contributed by atoms with Crippen LogP contribution in [0.5, 0.6) is 0 Å². The van der Waals surface area contributed by atoms with E-state index >= 15 is 0 Å². The standard InChI is InChI=1S/C16H34N4S.HI/c1-7-15-12-19(10-11-21-15)16(17-6)18-8-9-20(13(2)3)14(4)5;/h13-15H,7-12H2,1-6H3,(H,17,18);1H. The van der Waals surface area contributed by atoms with E-state index in [2.05, 4.69) is 66.5 Å². The predicted octanol–water partition coefficient (Wildman–Crippen LogP) is 3.13. The van der Waals surface area contributed by atoms with E-state index in [1.54, 1.807) is 0 Å². The van der Waals surface area contributed by atoms with Gasteiger partial charge in [0.25, 0.3) is 0 Å². The molecule has 6 heteroatoms. The summed E-state index contributed by atoms with van der Waals surface area (Å²) < 4.78 is 0. The SMILES string of the molecule is CCC1CN(C(=NC)NCCN(C(C)C)C(C)C)CCS1.I. The van der Waals surface area contributed by atoms with E-state index in [4.69, 9.17) is 0 Å². The molecule has 0 aliphatic carbocycles. The topological polar surface area (TPSA) is 30.9 Å². The Morgan fingerprint density at radius 2 is 1.95 bits per heavy atom. The Morgan fingerprint density at radius 1 is 1.32 bits per heavy atom. The maximum Gasteiger partial charge on any atom is 0.193 e. The number of hydrogen-bond donors (Lipinski definition) is 1. The zero-order valence-electron chi connectivity index (χ0n) is 15.1. The molecular formula is C16H35IN4S. The van der Waals surface area contributed by atoms with Crippen molar-refractivity contribution in [2.24, 2.45) is 4.99 Å². The molecule has 0 spiro atoms. The van der Waals surface area contributed by atoms with Crippen LogP contribution in [0.15, 0.2) is 4.99 Å². The average molecular weight is 442 g/mol. The van der Waals surface area contributed by atoms with Gasteiger partial charge in [0.2, 0.25) is 0 Å². The third kappa shape index (κ3) is 7.25. The number of guanidine groups is 1. The van der Waals surface area contributed by atoms with Gasteiger partial charge in [-0.15, -0.1) is 24.0 Å². The minimum absolute atomic E-state index is 0. The van der Waals surface area contributed by atoms with Crippen molar-refractivity contribution in [2.45, 2.75) is 58.4 Å². The second-order valence-electron chi connectivity index (χ2n) is 6.25. The van der Waals surface area contributed by atoms with Crippen LogP contribution in [-0.4, -0.2) is 72.1 Å². The highest BCUT2D eigenvalue weighted by Gasteiger charge is 2.21. The summed E-state index contributed by atoms with van der Waals surface area (Å²) in [6.45, 7) is 15.6.